The van der Waals surface area contributed by atoms with E-state index in [1.165, 1.54) is 6.07 Å². The first kappa shape index (κ1) is 18.1. The quantitative estimate of drug-likeness (QED) is 0.799. The Morgan fingerprint density at radius 2 is 2.00 bits per heavy atom. The summed E-state index contributed by atoms with van der Waals surface area (Å²) in [6.07, 6.45) is 2.69. The Kier molecular flexibility index (Phi) is 6.37. The molecule has 118 valence electrons. The molecule has 1 unspecified atom stereocenters. The van der Waals surface area contributed by atoms with Crippen molar-refractivity contribution in [1.82, 2.24) is 5.32 Å². The number of hydrogen-bond donors (Lipinski definition) is 2. The summed E-state index contributed by atoms with van der Waals surface area (Å²) >= 11 is 3.22. The number of nitrogens with two attached hydrogens (primary N) is 1. The van der Waals surface area contributed by atoms with Crippen molar-refractivity contribution < 1.29 is 13.2 Å². The van der Waals surface area contributed by atoms with Gasteiger partial charge in [0.2, 0.25) is 10.0 Å². The molecular weight excluding hydrogens is 356 g/mol. The van der Waals surface area contributed by atoms with Crippen LogP contribution in [-0.2, 0) is 10.0 Å². The number of amides is 1. The lowest BCUT2D eigenvalue weighted by Gasteiger charge is -2.18. The fraction of sp³-hybridized carbons (Fsp3) is 0.500. The predicted octanol–water partition coefficient (Wildman–Crippen LogP) is 2.71. The second kappa shape index (κ2) is 7.38. The fourth-order valence-corrected chi connectivity index (χ4v) is 3.61. The number of rotatable bonds is 6. The molecular formula is C14H21BrN2O3S. The van der Waals surface area contributed by atoms with Gasteiger partial charge >= 0.3 is 0 Å². The van der Waals surface area contributed by atoms with Gasteiger partial charge in [-0.1, -0.05) is 36.2 Å². The summed E-state index contributed by atoms with van der Waals surface area (Å²) in [5.41, 5.74) is 0.688. The van der Waals surface area contributed by atoms with Gasteiger partial charge < -0.3 is 5.32 Å². The molecule has 5 nitrogen and oxygen atoms in total. The van der Waals surface area contributed by atoms with E-state index < -0.39 is 10.0 Å². The number of carbonyl (C=O) groups is 1. The Labute approximate surface area is 134 Å². The molecule has 7 heteroatoms. The Morgan fingerprint density at radius 3 is 2.48 bits per heavy atom. The van der Waals surface area contributed by atoms with Gasteiger partial charge in [0.05, 0.1) is 4.90 Å². The maximum Gasteiger partial charge on any atom is 0.251 e. The molecule has 21 heavy (non-hydrogen) atoms. The first-order valence-corrected chi connectivity index (χ1v) is 9.18. The first-order chi connectivity index (χ1) is 9.70. The Balaban J connectivity index is 3.19. The zero-order valence-corrected chi connectivity index (χ0v) is 14.8. The number of halogens is 1. The molecule has 0 fully saturated rings. The number of hydrogen-bond acceptors (Lipinski definition) is 3. The molecule has 0 aliphatic heterocycles. The third kappa shape index (κ3) is 4.79. The van der Waals surface area contributed by atoms with E-state index in [0.717, 1.165) is 19.3 Å². The van der Waals surface area contributed by atoms with Crippen LogP contribution in [0.25, 0.3) is 0 Å². The summed E-state index contributed by atoms with van der Waals surface area (Å²) in [7, 11) is -3.87. The van der Waals surface area contributed by atoms with Crippen molar-refractivity contribution in [2.45, 2.75) is 51.0 Å². The van der Waals surface area contributed by atoms with Crippen LogP contribution in [0.15, 0.2) is 21.5 Å². The standard InChI is InChI=1S/C14H21BrN2O3S/c1-4-6-11(5-2)17-14(18)12-7-10(15)8-13(9(12)3)21(16,19)20/h7-8,11H,4-6H2,1-3H3,(H,17,18)(H2,16,19,20). The summed E-state index contributed by atoms with van der Waals surface area (Å²) in [6, 6.07) is 3.10. The Morgan fingerprint density at radius 1 is 1.38 bits per heavy atom. The van der Waals surface area contributed by atoms with Crippen molar-refractivity contribution in [1.29, 1.82) is 0 Å². The summed E-state index contributed by atoms with van der Waals surface area (Å²) in [5, 5.41) is 8.13. The van der Waals surface area contributed by atoms with Crippen LogP contribution in [0.2, 0.25) is 0 Å². The largest absolute Gasteiger partial charge is 0.349 e. The van der Waals surface area contributed by atoms with Crippen molar-refractivity contribution in [2.75, 3.05) is 0 Å². The summed E-state index contributed by atoms with van der Waals surface area (Å²) in [6.45, 7) is 5.64. The number of primary sulfonamides is 1. The normalized spacial score (nSPS) is 13.0. The zero-order valence-electron chi connectivity index (χ0n) is 12.4. The van der Waals surface area contributed by atoms with Crippen LogP contribution in [0.5, 0.6) is 0 Å². The molecule has 1 atom stereocenters. The average molecular weight is 377 g/mol. The van der Waals surface area contributed by atoms with Crippen LogP contribution >= 0.6 is 15.9 Å². The van der Waals surface area contributed by atoms with Crippen molar-refractivity contribution in [3.05, 3.63) is 27.7 Å². The van der Waals surface area contributed by atoms with Gasteiger partial charge in [-0.3, -0.25) is 4.79 Å². The number of sulfonamides is 1. The second-order valence-corrected chi connectivity index (χ2v) is 7.43. The molecule has 0 aliphatic rings. The topological polar surface area (TPSA) is 89.3 Å². The Hall–Kier alpha value is -0.920. The van der Waals surface area contributed by atoms with E-state index in [-0.39, 0.29) is 16.8 Å². The van der Waals surface area contributed by atoms with E-state index in [0.29, 0.717) is 15.6 Å². The number of nitrogens with one attached hydrogen (secondary N) is 1. The molecule has 3 N–H and O–H groups in total. The molecule has 0 saturated heterocycles. The van der Waals surface area contributed by atoms with E-state index in [4.69, 9.17) is 5.14 Å². The molecule has 1 amide bonds. The maximum absolute atomic E-state index is 12.4. The van der Waals surface area contributed by atoms with E-state index >= 15 is 0 Å². The van der Waals surface area contributed by atoms with Crippen LogP contribution in [0.4, 0.5) is 0 Å². The van der Waals surface area contributed by atoms with Crippen molar-refractivity contribution >= 4 is 31.9 Å². The lowest BCUT2D eigenvalue weighted by molar-refractivity contribution is 0.0933. The molecule has 1 aromatic carbocycles. The molecule has 0 aliphatic carbocycles. The van der Waals surface area contributed by atoms with Crippen molar-refractivity contribution in [3.8, 4) is 0 Å². The van der Waals surface area contributed by atoms with Gasteiger partial charge in [0, 0.05) is 16.1 Å². The van der Waals surface area contributed by atoms with Gasteiger partial charge in [0.25, 0.3) is 5.91 Å². The SMILES string of the molecule is CCCC(CC)NC(=O)c1cc(Br)cc(S(N)(=O)=O)c1C. The molecule has 0 spiro atoms. The van der Waals surface area contributed by atoms with Crippen LogP contribution in [-0.4, -0.2) is 20.4 Å². The average Bonchev–Trinajstić information content (AvgIpc) is 2.39. The molecule has 0 heterocycles. The van der Waals surface area contributed by atoms with Crippen LogP contribution < -0.4 is 10.5 Å². The summed E-state index contributed by atoms with van der Waals surface area (Å²) in [4.78, 5) is 12.3. The molecule has 0 bridgehead atoms. The molecule has 0 saturated carbocycles. The van der Waals surface area contributed by atoms with Gasteiger partial charge in [-0.15, -0.1) is 0 Å². The van der Waals surface area contributed by atoms with E-state index in [1.807, 2.05) is 6.92 Å². The first-order valence-electron chi connectivity index (χ1n) is 6.84. The minimum Gasteiger partial charge on any atom is -0.349 e. The molecule has 0 radical (unpaired) electrons. The van der Waals surface area contributed by atoms with E-state index in [1.54, 1.807) is 13.0 Å². The number of carbonyl (C=O) groups excluding carboxylic acids is 1. The zero-order chi connectivity index (χ0) is 16.2. The highest BCUT2D eigenvalue weighted by atomic mass is 79.9. The summed E-state index contributed by atoms with van der Waals surface area (Å²) < 4.78 is 23.7. The third-order valence-corrected chi connectivity index (χ3v) is 4.84. The van der Waals surface area contributed by atoms with Crippen LogP contribution in [0.3, 0.4) is 0 Å². The minimum absolute atomic E-state index is 0.0365. The second-order valence-electron chi connectivity index (χ2n) is 4.99. The highest BCUT2D eigenvalue weighted by Gasteiger charge is 2.20. The molecule has 1 aromatic rings. The van der Waals surface area contributed by atoms with Gasteiger partial charge in [-0.05, 0) is 37.5 Å². The maximum atomic E-state index is 12.4. The van der Waals surface area contributed by atoms with Gasteiger partial charge in [0.1, 0.15) is 0 Å². The van der Waals surface area contributed by atoms with E-state index in [2.05, 4.69) is 28.2 Å². The predicted molar refractivity (Wildman–Crippen MR) is 86.7 cm³/mol. The monoisotopic (exact) mass is 376 g/mol. The molecule has 0 aromatic heterocycles. The minimum atomic E-state index is -3.87. The lowest BCUT2D eigenvalue weighted by Crippen LogP contribution is -2.35. The smallest absolute Gasteiger partial charge is 0.251 e. The molecule has 1 rings (SSSR count). The van der Waals surface area contributed by atoms with Crippen molar-refractivity contribution in [3.63, 3.8) is 0 Å². The van der Waals surface area contributed by atoms with Gasteiger partial charge in [-0.2, -0.15) is 0 Å². The highest BCUT2D eigenvalue weighted by molar-refractivity contribution is 9.10. The van der Waals surface area contributed by atoms with Crippen molar-refractivity contribution in [2.24, 2.45) is 5.14 Å². The lowest BCUT2D eigenvalue weighted by atomic mass is 10.1. The third-order valence-electron chi connectivity index (χ3n) is 3.34. The number of benzene rings is 1. The van der Waals surface area contributed by atoms with E-state index in [9.17, 15) is 13.2 Å². The fourth-order valence-electron chi connectivity index (χ4n) is 2.18. The van der Waals surface area contributed by atoms with Crippen LogP contribution in [0, 0.1) is 6.92 Å². The van der Waals surface area contributed by atoms with Gasteiger partial charge in [-0.25, -0.2) is 13.6 Å². The van der Waals surface area contributed by atoms with Crippen LogP contribution in [0.1, 0.15) is 49.0 Å². The van der Waals surface area contributed by atoms with Gasteiger partial charge in [0.15, 0.2) is 0 Å². The Bertz CT molecular complexity index is 629. The summed E-state index contributed by atoms with van der Waals surface area (Å²) in [5.74, 6) is -0.279. The highest BCUT2D eigenvalue weighted by Crippen LogP contribution is 2.24.